The molecule has 0 bridgehead atoms. The van der Waals surface area contributed by atoms with Crippen LogP contribution < -0.4 is 0 Å². The molecule has 2 aromatic rings. The van der Waals surface area contributed by atoms with Crippen molar-refractivity contribution in [3.63, 3.8) is 0 Å². The average molecular weight is 331 g/mol. The van der Waals surface area contributed by atoms with Gasteiger partial charge < -0.3 is 4.74 Å². The fourth-order valence-corrected chi connectivity index (χ4v) is 3.28. The van der Waals surface area contributed by atoms with Gasteiger partial charge in [-0.25, -0.2) is 4.98 Å². The normalized spacial score (nSPS) is 10.8. The lowest BCUT2D eigenvalue weighted by molar-refractivity contribution is -0.145. The van der Waals surface area contributed by atoms with Crippen molar-refractivity contribution < 1.29 is 14.3 Å². The highest BCUT2D eigenvalue weighted by molar-refractivity contribution is 8.00. The van der Waals surface area contributed by atoms with E-state index in [9.17, 15) is 9.59 Å². The van der Waals surface area contributed by atoms with Gasteiger partial charge in [0.1, 0.15) is 11.4 Å². The van der Waals surface area contributed by atoms with Gasteiger partial charge in [-0.05, 0) is 56.5 Å². The average Bonchev–Trinajstić information content (AvgIpc) is 2.46. The second kappa shape index (κ2) is 7.59. The fourth-order valence-electron chi connectivity index (χ4n) is 2.43. The second-order valence-electron chi connectivity index (χ2n) is 5.57. The number of Topliss-reactive ketones (excluding diaryl/α,β-unsaturated/α-hetero) is 1. The molecule has 2 rings (SSSR count). The van der Waals surface area contributed by atoms with Gasteiger partial charge in [0.2, 0.25) is 0 Å². The van der Waals surface area contributed by atoms with E-state index in [0.29, 0.717) is 6.61 Å². The maximum absolute atomic E-state index is 11.8. The van der Waals surface area contributed by atoms with Crippen LogP contribution in [0.3, 0.4) is 0 Å². The number of benzene rings is 1. The Hall–Kier alpha value is -1.88. The summed E-state index contributed by atoms with van der Waals surface area (Å²) in [5, 5.41) is 1.97. The number of fused-ring (bicyclic) bond motifs is 1. The molecule has 4 nitrogen and oxygen atoms in total. The van der Waals surface area contributed by atoms with Crippen LogP contribution >= 0.6 is 11.8 Å². The number of thioether (sulfide) groups is 1. The minimum absolute atomic E-state index is 0.143. The Morgan fingerprint density at radius 1 is 1.13 bits per heavy atom. The zero-order valence-electron chi connectivity index (χ0n) is 13.9. The van der Waals surface area contributed by atoms with Crippen molar-refractivity contribution in [1.29, 1.82) is 0 Å². The molecule has 0 unspecified atom stereocenters. The first-order valence-corrected chi connectivity index (χ1v) is 8.58. The molecule has 1 aromatic heterocycles. The van der Waals surface area contributed by atoms with Gasteiger partial charge in [0, 0.05) is 5.39 Å². The molecule has 0 atom stereocenters. The van der Waals surface area contributed by atoms with Crippen LogP contribution in [0.2, 0.25) is 0 Å². The molecule has 122 valence electrons. The Kier molecular flexibility index (Phi) is 5.77. The molecular weight excluding hydrogens is 310 g/mol. The standard InChI is InChI=1S/C18H21NO3S/c1-5-22-17(21)9-14(20)10-23-18-13(4)8-15-12(3)6-11(2)7-16(15)19-18/h6-8H,5,9-10H2,1-4H3. The topological polar surface area (TPSA) is 56.3 Å². The highest BCUT2D eigenvalue weighted by Gasteiger charge is 2.13. The molecule has 0 amide bonds. The molecule has 0 N–H and O–H groups in total. The summed E-state index contributed by atoms with van der Waals surface area (Å²) in [6.45, 7) is 8.13. The maximum atomic E-state index is 11.8. The molecule has 0 fully saturated rings. The first kappa shape index (κ1) is 17.5. The van der Waals surface area contributed by atoms with Crippen LogP contribution in [0.1, 0.15) is 30.0 Å². The third kappa shape index (κ3) is 4.55. The third-order valence-electron chi connectivity index (χ3n) is 3.45. The Morgan fingerprint density at radius 2 is 1.87 bits per heavy atom. The molecule has 0 aliphatic heterocycles. The Balaban J connectivity index is 2.13. The fraction of sp³-hybridized carbons (Fsp3) is 0.389. The van der Waals surface area contributed by atoms with Crippen LogP contribution in [-0.2, 0) is 14.3 Å². The van der Waals surface area contributed by atoms with Gasteiger partial charge in [-0.15, -0.1) is 0 Å². The number of aromatic nitrogens is 1. The zero-order chi connectivity index (χ0) is 17.0. The van der Waals surface area contributed by atoms with Gasteiger partial charge in [0.25, 0.3) is 0 Å². The third-order valence-corrected chi connectivity index (χ3v) is 4.60. The summed E-state index contributed by atoms with van der Waals surface area (Å²) in [5.41, 5.74) is 4.35. The zero-order valence-corrected chi connectivity index (χ0v) is 14.8. The van der Waals surface area contributed by atoms with Gasteiger partial charge in [0.15, 0.2) is 5.78 Å². The van der Waals surface area contributed by atoms with E-state index < -0.39 is 5.97 Å². The van der Waals surface area contributed by atoms with Gasteiger partial charge in [-0.2, -0.15) is 0 Å². The summed E-state index contributed by atoms with van der Waals surface area (Å²) in [5.74, 6) is -0.383. The van der Waals surface area contributed by atoms with E-state index in [-0.39, 0.29) is 18.0 Å². The number of rotatable bonds is 6. The SMILES string of the molecule is CCOC(=O)CC(=O)CSc1nc2cc(C)cc(C)c2cc1C. The summed E-state index contributed by atoms with van der Waals surface area (Å²) in [6, 6.07) is 6.29. The maximum Gasteiger partial charge on any atom is 0.313 e. The van der Waals surface area contributed by atoms with Crippen molar-refractivity contribution in [3.05, 3.63) is 34.9 Å². The monoisotopic (exact) mass is 331 g/mol. The van der Waals surface area contributed by atoms with E-state index in [4.69, 9.17) is 4.74 Å². The molecule has 23 heavy (non-hydrogen) atoms. The van der Waals surface area contributed by atoms with E-state index >= 15 is 0 Å². The van der Waals surface area contributed by atoms with E-state index in [1.165, 1.54) is 22.9 Å². The van der Waals surface area contributed by atoms with E-state index in [1.54, 1.807) is 6.92 Å². The predicted molar refractivity (Wildman–Crippen MR) is 92.9 cm³/mol. The van der Waals surface area contributed by atoms with Crippen molar-refractivity contribution >= 4 is 34.4 Å². The molecule has 1 heterocycles. The van der Waals surface area contributed by atoms with Crippen molar-refractivity contribution in [2.45, 2.75) is 39.1 Å². The summed E-state index contributed by atoms with van der Waals surface area (Å²) in [4.78, 5) is 27.8. The van der Waals surface area contributed by atoms with Gasteiger partial charge >= 0.3 is 5.97 Å². The second-order valence-corrected chi connectivity index (χ2v) is 6.53. The van der Waals surface area contributed by atoms with E-state index in [0.717, 1.165) is 21.5 Å². The molecule has 0 aliphatic rings. The Morgan fingerprint density at radius 3 is 2.57 bits per heavy atom. The summed E-state index contributed by atoms with van der Waals surface area (Å²) in [6.07, 6.45) is -0.175. The molecule has 0 spiro atoms. The minimum atomic E-state index is -0.465. The number of ketones is 1. The quantitative estimate of drug-likeness (QED) is 0.458. The number of esters is 1. The van der Waals surface area contributed by atoms with Crippen LogP contribution in [-0.4, -0.2) is 29.1 Å². The van der Waals surface area contributed by atoms with Gasteiger partial charge in [0.05, 0.1) is 17.9 Å². The van der Waals surface area contributed by atoms with Crippen molar-refractivity contribution in [3.8, 4) is 0 Å². The van der Waals surface area contributed by atoms with Crippen LogP contribution in [0.4, 0.5) is 0 Å². The lowest BCUT2D eigenvalue weighted by Crippen LogP contribution is -2.12. The lowest BCUT2D eigenvalue weighted by Gasteiger charge is -2.09. The molecular formula is C18H21NO3S. The highest BCUT2D eigenvalue weighted by Crippen LogP contribution is 2.27. The van der Waals surface area contributed by atoms with E-state index in [1.807, 2.05) is 19.9 Å². The molecule has 0 radical (unpaired) electrons. The predicted octanol–water partition coefficient (Wildman–Crippen LogP) is 3.77. The molecule has 0 aliphatic carbocycles. The Labute approximate surface area is 140 Å². The largest absolute Gasteiger partial charge is 0.466 e. The van der Waals surface area contributed by atoms with Crippen molar-refractivity contribution in [2.24, 2.45) is 0 Å². The molecule has 0 saturated carbocycles. The van der Waals surface area contributed by atoms with Crippen LogP contribution in [0.25, 0.3) is 10.9 Å². The number of nitrogens with zero attached hydrogens (tertiary/aromatic N) is 1. The smallest absolute Gasteiger partial charge is 0.313 e. The first-order valence-electron chi connectivity index (χ1n) is 7.59. The highest BCUT2D eigenvalue weighted by atomic mass is 32.2. The number of pyridine rings is 1. The van der Waals surface area contributed by atoms with Crippen LogP contribution in [0.15, 0.2) is 23.2 Å². The number of ether oxygens (including phenoxy) is 1. The number of carbonyl (C=O) groups is 2. The number of aryl methyl sites for hydroxylation is 3. The van der Waals surface area contributed by atoms with E-state index in [2.05, 4.69) is 24.0 Å². The van der Waals surface area contributed by atoms with Crippen LogP contribution in [0.5, 0.6) is 0 Å². The first-order chi connectivity index (χ1) is 10.9. The molecule has 5 heteroatoms. The summed E-state index contributed by atoms with van der Waals surface area (Å²) in [7, 11) is 0. The number of hydrogen-bond donors (Lipinski definition) is 0. The minimum Gasteiger partial charge on any atom is -0.466 e. The molecule has 0 saturated heterocycles. The van der Waals surface area contributed by atoms with Crippen molar-refractivity contribution in [1.82, 2.24) is 4.98 Å². The summed E-state index contributed by atoms with van der Waals surface area (Å²) < 4.78 is 4.79. The molecule has 1 aromatic carbocycles. The van der Waals surface area contributed by atoms with Crippen LogP contribution in [0, 0.1) is 20.8 Å². The number of carbonyl (C=O) groups excluding carboxylic acids is 2. The number of hydrogen-bond acceptors (Lipinski definition) is 5. The van der Waals surface area contributed by atoms with Crippen molar-refractivity contribution in [2.75, 3.05) is 12.4 Å². The summed E-state index contributed by atoms with van der Waals surface area (Å²) >= 11 is 1.37. The lowest BCUT2D eigenvalue weighted by atomic mass is 10.1. The van der Waals surface area contributed by atoms with Gasteiger partial charge in [-0.3, -0.25) is 9.59 Å². The van der Waals surface area contributed by atoms with Gasteiger partial charge in [-0.1, -0.05) is 17.8 Å². The Bertz CT molecular complexity index is 756.